The topological polar surface area (TPSA) is 35.5 Å². The van der Waals surface area contributed by atoms with Crippen LogP contribution in [-0.4, -0.2) is 31.9 Å². The van der Waals surface area contributed by atoms with E-state index < -0.39 is 0 Å². The Morgan fingerprint density at radius 3 is 2.64 bits per heavy atom. The zero-order valence-electron chi connectivity index (χ0n) is 9.07. The van der Waals surface area contributed by atoms with Gasteiger partial charge in [0.2, 0.25) is 0 Å². The molecule has 0 aromatic rings. The third kappa shape index (κ3) is 2.39. The van der Waals surface area contributed by atoms with Gasteiger partial charge in [0.1, 0.15) is 10.5 Å². The summed E-state index contributed by atoms with van der Waals surface area (Å²) in [5, 5.41) is 9.14. The van der Waals surface area contributed by atoms with Crippen LogP contribution in [0.3, 0.4) is 0 Å². The van der Waals surface area contributed by atoms with Crippen molar-refractivity contribution in [2.24, 2.45) is 5.92 Å². The van der Waals surface area contributed by atoms with Crippen molar-refractivity contribution in [3.63, 3.8) is 0 Å². The first-order chi connectivity index (χ1) is 6.38. The van der Waals surface area contributed by atoms with Gasteiger partial charge in [-0.2, -0.15) is 5.48 Å². The number of rotatable bonds is 3. The van der Waals surface area contributed by atoms with Gasteiger partial charge < -0.3 is 10.1 Å². The van der Waals surface area contributed by atoms with Gasteiger partial charge in [-0.15, -0.1) is 0 Å². The van der Waals surface area contributed by atoms with E-state index in [0.717, 1.165) is 10.9 Å². The molecule has 0 aromatic heterocycles. The summed E-state index contributed by atoms with van der Waals surface area (Å²) in [7, 11) is 0. The fraction of sp³-hybridized carbons (Fsp3) is 0.889. The minimum atomic E-state index is -0.0811. The maximum atomic E-state index is 9.14. The lowest BCUT2D eigenvalue weighted by Gasteiger charge is -2.31. The Morgan fingerprint density at radius 2 is 2.21 bits per heavy atom. The second-order valence-corrected chi connectivity index (χ2v) is 6.84. The molecular weight excluding hydrogens is 216 g/mol. The van der Waals surface area contributed by atoms with Crippen molar-refractivity contribution in [3.8, 4) is 0 Å². The lowest BCUT2D eigenvalue weighted by Crippen LogP contribution is -2.51. The average molecular weight is 234 g/mol. The van der Waals surface area contributed by atoms with E-state index in [0.29, 0.717) is 5.92 Å². The summed E-state index contributed by atoms with van der Waals surface area (Å²) in [4.78, 5) is 2.06. The van der Waals surface area contributed by atoms with Crippen LogP contribution in [0.15, 0.2) is 0 Å². The molecule has 1 aliphatic heterocycles. The van der Waals surface area contributed by atoms with Crippen LogP contribution in [0.2, 0.25) is 0 Å². The third-order valence-electron chi connectivity index (χ3n) is 2.24. The van der Waals surface area contributed by atoms with Gasteiger partial charge >= 0.3 is 0 Å². The molecule has 0 aromatic carbocycles. The van der Waals surface area contributed by atoms with Crippen LogP contribution in [0.4, 0.5) is 0 Å². The Morgan fingerprint density at radius 1 is 1.64 bits per heavy atom. The van der Waals surface area contributed by atoms with Gasteiger partial charge in [-0.05, 0) is 19.8 Å². The maximum Gasteiger partial charge on any atom is 0.138 e. The lowest BCUT2D eigenvalue weighted by molar-refractivity contribution is 0.0531. The number of nitrogens with zero attached hydrogens (tertiary/aromatic N) is 1. The molecule has 14 heavy (non-hydrogen) atoms. The predicted molar refractivity (Wildman–Crippen MR) is 64.5 cm³/mol. The smallest absolute Gasteiger partial charge is 0.138 e. The summed E-state index contributed by atoms with van der Waals surface area (Å²) in [6.07, 6.45) is -0.0811. The zero-order chi connectivity index (χ0) is 10.9. The van der Waals surface area contributed by atoms with Crippen LogP contribution >= 0.6 is 24.0 Å². The van der Waals surface area contributed by atoms with Crippen LogP contribution in [0.5, 0.6) is 0 Å². The highest BCUT2D eigenvalue weighted by Crippen LogP contribution is 2.40. The summed E-state index contributed by atoms with van der Waals surface area (Å²) < 4.78 is 0.802. The molecule has 1 aliphatic rings. The largest absolute Gasteiger partial charge is 0.338 e. The molecule has 1 fully saturated rings. The number of nitrogens with one attached hydrogen (secondary N) is 1. The molecule has 0 aliphatic carbocycles. The molecule has 5 heteroatoms. The number of hydroxylamine groups is 1. The highest BCUT2D eigenvalue weighted by Gasteiger charge is 2.44. The molecule has 1 heterocycles. The third-order valence-corrected chi connectivity index (χ3v) is 3.88. The van der Waals surface area contributed by atoms with Gasteiger partial charge in [0, 0.05) is 6.54 Å². The second-order valence-electron chi connectivity index (χ2n) is 4.55. The highest BCUT2D eigenvalue weighted by molar-refractivity contribution is 8.24. The van der Waals surface area contributed by atoms with Crippen molar-refractivity contribution in [1.82, 2.24) is 10.4 Å². The summed E-state index contributed by atoms with van der Waals surface area (Å²) in [5.41, 5.74) is 2.36. The van der Waals surface area contributed by atoms with Crippen molar-refractivity contribution < 1.29 is 5.21 Å². The fourth-order valence-corrected chi connectivity index (χ4v) is 3.48. The molecule has 82 valence electrons. The number of thiocarbonyl (C=S) groups is 1. The monoisotopic (exact) mass is 234 g/mol. The lowest BCUT2D eigenvalue weighted by atomic mass is 10.1. The molecule has 0 spiro atoms. The van der Waals surface area contributed by atoms with E-state index in [1.807, 2.05) is 0 Å². The molecule has 1 saturated heterocycles. The van der Waals surface area contributed by atoms with Crippen molar-refractivity contribution in [1.29, 1.82) is 0 Å². The fourth-order valence-electron chi connectivity index (χ4n) is 1.62. The Balaban J connectivity index is 2.78. The van der Waals surface area contributed by atoms with Crippen LogP contribution < -0.4 is 5.48 Å². The standard InChI is InChI=1S/C9H18N2OS2/c1-6(2)5-11-7(10-12)9(3,4)14-8(11)13/h6-7,10,12H,5H2,1-4H3/t7-/m1/s1. The van der Waals surface area contributed by atoms with E-state index in [4.69, 9.17) is 17.4 Å². The first kappa shape index (κ1) is 12.2. The maximum absolute atomic E-state index is 9.14. The van der Waals surface area contributed by atoms with E-state index in [1.54, 1.807) is 11.8 Å². The number of thioether (sulfide) groups is 1. The van der Waals surface area contributed by atoms with Gasteiger partial charge in [-0.1, -0.05) is 37.8 Å². The number of hydrogen-bond donors (Lipinski definition) is 2. The first-order valence-corrected chi connectivity index (χ1v) is 6.00. The van der Waals surface area contributed by atoms with Crippen molar-refractivity contribution in [3.05, 3.63) is 0 Å². The van der Waals surface area contributed by atoms with E-state index in [-0.39, 0.29) is 10.9 Å². The Bertz CT molecular complexity index is 231. The summed E-state index contributed by atoms with van der Waals surface area (Å²) in [6, 6.07) is 0. The molecule has 0 bridgehead atoms. The van der Waals surface area contributed by atoms with Gasteiger partial charge in [0.25, 0.3) is 0 Å². The highest BCUT2D eigenvalue weighted by atomic mass is 32.2. The second kappa shape index (κ2) is 4.35. The predicted octanol–water partition coefficient (Wildman–Crippen LogP) is 2.06. The molecule has 1 atom stereocenters. The Hall–Kier alpha value is 0.160. The van der Waals surface area contributed by atoms with Crippen LogP contribution in [-0.2, 0) is 0 Å². The van der Waals surface area contributed by atoms with Crippen molar-refractivity contribution in [2.45, 2.75) is 38.6 Å². The van der Waals surface area contributed by atoms with Gasteiger partial charge in [0.15, 0.2) is 0 Å². The minimum absolute atomic E-state index is 0.0687. The van der Waals surface area contributed by atoms with Gasteiger partial charge in [-0.3, -0.25) is 0 Å². The van der Waals surface area contributed by atoms with Crippen molar-refractivity contribution in [2.75, 3.05) is 6.54 Å². The first-order valence-electron chi connectivity index (χ1n) is 4.77. The Labute approximate surface area is 95.2 Å². The summed E-state index contributed by atoms with van der Waals surface area (Å²) >= 11 is 6.93. The van der Waals surface area contributed by atoms with E-state index in [2.05, 4.69) is 38.1 Å². The molecule has 0 unspecified atom stereocenters. The summed E-state index contributed by atoms with van der Waals surface area (Å²) in [5.74, 6) is 0.540. The van der Waals surface area contributed by atoms with Gasteiger partial charge in [0.05, 0.1) is 4.75 Å². The van der Waals surface area contributed by atoms with E-state index in [9.17, 15) is 0 Å². The molecule has 0 radical (unpaired) electrons. The molecule has 0 amide bonds. The molecule has 0 saturated carbocycles. The van der Waals surface area contributed by atoms with E-state index >= 15 is 0 Å². The zero-order valence-corrected chi connectivity index (χ0v) is 10.7. The van der Waals surface area contributed by atoms with Crippen LogP contribution in [0, 0.1) is 5.92 Å². The van der Waals surface area contributed by atoms with Crippen LogP contribution in [0.1, 0.15) is 27.7 Å². The molecule has 2 N–H and O–H groups in total. The molecule has 1 rings (SSSR count). The number of hydrogen-bond acceptors (Lipinski definition) is 4. The minimum Gasteiger partial charge on any atom is -0.338 e. The SMILES string of the molecule is CC(C)CN1C(=S)SC(C)(C)[C@@H]1NO. The molecular formula is C9H18N2OS2. The molecule has 3 nitrogen and oxygen atoms in total. The quantitative estimate of drug-likeness (QED) is 0.577. The van der Waals surface area contributed by atoms with Gasteiger partial charge in [-0.25, -0.2) is 0 Å². The van der Waals surface area contributed by atoms with Crippen molar-refractivity contribution >= 4 is 28.3 Å². The Kier molecular flexibility index (Phi) is 3.80. The average Bonchev–Trinajstić information content (AvgIpc) is 2.20. The van der Waals surface area contributed by atoms with E-state index in [1.165, 1.54) is 0 Å². The summed E-state index contributed by atoms with van der Waals surface area (Å²) in [6.45, 7) is 9.34. The van der Waals surface area contributed by atoms with Crippen LogP contribution in [0.25, 0.3) is 0 Å². The normalized spacial score (nSPS) is 26.3.